The summed E-state index contributed by atoms with van der Waals surface area (Å²) >= 11 is 0. The average Bonchev–Trinajstić information content (AvgIpc) is 3.02. The Kier molecular flexibility index (Phi) is 5.47. The van der Waals surface area contributed by atoms with Crippen LogP contribution in [0.3, 0.4) is 0 Å². The summed E-state index contributed by atoms with van der Waals surface area (Å²) in [6, 6.07) is 6.11. The molecule has 1 atom stereocenters. The van der Waals surface area contributed by atoms with Crippen molar-refractivity contribution in [2.45, 2.75) is 32.7 Å². The molecule has 3 N–H and O–H groups in total. The van der Waals surface area contributed by atoms with Gasteiger partial charge in [-0.15, -0.1) is 0 Å². The number of carbonyl (C=O) groups is 3. The van der Waals surface area contributed by atoms with Gasteiger partial charge in [0.05, 0.1) is 6.61 Å². The zero-order valence-corrected chi connectivity index (χ0v) is 14.7. The van der Waals surface area contributed by atoms with Crippen molar-refractivity contribution in [2.75, 3.05) is 19.8 Å². The van der Waals surface area contributed by atoms with Gasteiger partial charge in [-0.2, -0.15) is 0 Å². The van der Waals surface area contributed by atoms with Crippen molar-refractivity contribution < 1.29 is 24.2 Å². The van der Waals surface area contributed by atoms with Gasteiger partial charge in [0, 0.05) is 30.7 Å². The van der Waals surface area contributed by atoms with Gasteiger partial charge in [0.15, 0.2) is 5.54 Å². The number of carboxylic acid groups (broad SMARTS) is 1. The van der Waals surface area contributed by atoms with E-state index in [9.17, 15) is 19.5 Å². The molecule has 25 heavy (non-hydrogen) atoms. The summed E-state index contributed by atoms with van der Waals surface area (Å²) in [5.41, 5.74) is -0.679. The van der Waals surface area contributed by atoms with Gasteiger partial charge in [0.25, 0.3) is 11.8 Å². The number of hydrogen-bond acceptors (Lipinski definition) is 4. The summed E-state index contributed by atoms with van der Waals surface area (Å²) in [5, 5.41) is 14.7. The molecule has 0 radical (unpaired) electrons. The molecule has 1 saturated heterocycles. The molecule has 1 fully saturated rings. The summed E-state index contributed by atoms with van der Waals surface area (Å²) in [6.45, 7) is 6.83. The van der Waals surface area contributed by atoms with Crippen LogP contribution in [-0.4, -0.2) is 48.2 Å². The molecule has 0 aliphatic carbocycles. The second-order valence-corrected chi connectivity index (χ2v) is 7.46. The fourth-order valence-corrected chi connectivity index (χ4v) is 2.40. The van der Waals surface area contributed by atoms with Gasteiger partial charge in [0.1, 0.15) is 0 Å². The van der Waals surface area contributed by atoms with Crippen molar-refractivity contribution in [1.82, 2.24) is 10.6 Å². The van der Waals surface area contributed by atoms with Gasteiger partial charge in [0.2, 0.25) is 0 Å². The first kappa shape index (κ1) is 18.9. The smallest absolute Gasteiger partial charge is 0.331 e. The lowest BCUT2D eigenvalue weighted by molar-refractivity contribution is -0.144. The van der Waals surface area contributed by atoms with E-state index in [0.29, 0.717) is 24.3 Å². The predicted molar refractivity (Wildman–Crippen MR) is 91.5 cm³/mol. The minimum absolute atomic E-state index is 0.0238. The Balaban J connectivity index is 2.03. The molecule has 1 heterocycles. The Bertz CT molecular complexity index is 655. The van der Waals surface area contributed by atoms with Crippen LogP contribution in [0, 0.1) is 5.41 Å². The Labute approximate surface area is 146 Å². The van der Waals surface area contributed by atoms with Gasteiger partial charge in [-0.25, -0.2) is 4.79 Å². The molecule has 136 valence electrons. The van der Waals surface area contributed by atoms with Gasteiger partial charge in [-0.3, -0.25) is 9.59 Å². The fraction of sp³-hybridized carbons (Fsp3) is 0.500. The lowest BCUT2D eigenvalue weighted by atomic mass is 9.97. The summed E-state index contributed by atoms with van der Waals surface area (Å²) in [7, 11) is 0. The molecule has 0 bridgehead atoms. The average molecular weight is 348 g/mol. The highest BCUT2D eigenvalue weighted by Crippen LogP contribution is 2.20. The van der Waals surface area contributed by atoms with Crippen molar-refractivity contribution in [1.29, 1.82) is 0 Å². The molecule has 1 aromatic rings. The highest BCUT2D eigenvalue weighted by atomic mass is 16.5. The molecule has 1 aromatic carbocycles. The first-order valence-electron chi connectivity index (χ1n) is 8.15. The van der Waals surface area contributed by atoms with Crippen LogP contribution in [0.25, 0.3) is 0 Å². The van der Waals surface area contributed by atoms with Crippen LogP contribution in [0.15, 0.2) is 24.3 Å². The molecule has 7 nitrogen and oxygen atoms in total. The van der Waals surface area contributed by atoms with E-state index in [-0.39, 0.29) is 24.3 Å². The SMILES string of the molecule is CC(C)(C)CNC(=O)c1ccc(C(=O)NC2(C(=O)O)CCOC2)cc1. The standard InChI is InChI=1S/C18H24N2O5/c1-17(2,3)10-19-14(21)12-4-6-13(7-5-12)15(22)20-18(16(23)24)8-9-25-11-18/h4-7H,8-11H2,1-3H3,(H,19,21)(H,20,22)(H,23,24). The number of hydrogen-bond donors (Lipinski definition) is 3. The van der Waals surface area contributed by atoms with Crippen molar-refractivity contribution in [2.24, 2.45) is 5.41 Å². The Morgan fingerprint density at radius 3 is 2.12 bits per heavy atom. The molecule has 0 spiro atoms. The number of amides is 2. The van der Waals surface area contributed by atoms with Crippen LogP contribution in [-0.2, 0) is 9.53 Å². The van der Waals surface area contributed by atoms with Gasteiger partial charge in [-0.1, -0.05) is 20.8 Å². The second-order valence-electron chi connectivity index (χ2n) is 7.46. The highest BCUT2D eigenvalue weighted by molar-refractivity contribution is 6.00. The zero-order valence-electron chi connectivity index (χ0n) is 14.7. The van der Waals surface area contributed by atoms with E-state index in [1.54, 1.807) is 12.1 Å². The molecular weight excluding hydrogens is 324 g/mol. The maximum atomic E-state index is 12.3. The number of carboxylic acids is 1. The maximum absolute atomic E-state index is 12.3. The first-order valence-corrected chi connectivity index (χ1v) is 8.15. The molecule has 1 unspecified atom stereocenters. The molecule has 7 heteroatoms. The zero-order chi connectivity index (χ0) is 18.7. The van der Waals surface area contributed by atoms with Crippen molar-refractivity contribution in [3.05, 3.63) is 35.4 Å². The number of aliphatic carboxylic acids is 1. The summed E-state index contributed by atoms with van der Waals surface area (Å²) < 4.78 is 5.11. The van der Waals surface area contributed by atoms with E-state index in [1.807, 2.05) is 20.8 Å². The van der Waals surface area contributed by atoms with E-state index in [1.165, 1.54) is 12.1 Å². The number of nitrogens with one attached hydrogen (secondary N) is 2. The van der Waals surface area contributed by atoms with Crippen LogP contribution < -0.4 is 10.6 Å². The molecule has 0 aromatic heterocycles. The quantitative estimate of drug-likeness (QED) is 0.747. The van der Waals surface area contributed by atoms with Crippen LogP contribution >= 0.6 is 0 Å². The molecule has 0 saturated carbocycles. The Morgan fingerprint density at radius 1 is 1.12 bits per heavy atom. The minimum atomic E-state index is -1.39. The number of rotatable bonds is 5. The number of benzene rings is 1. The minimum Gasteiger partial charge on any atom is -0.479 e. The number of carbonyl (C=O) groups excluding carboxylic acids is 2. The molecule has 1 aliphatic heterocycles. The van der Waals surface area contributed by atoms with Crippen LogP contribution in [0.4, 0.5) is 0 Å². The van der Waals surface area contributed by atoms with Gasteiger partial charge < -0.3 is 20.5 Å². The fourth-order valence-electron chi connectivity index (χ4n) is 2.40. The largest absolute Gasteiger partial charge is 0.479 e. The summed E-state index contributed by atoms with van der Waals surface area (Å²) in [4.78, 5) is 35.8. The summed E-state index contributed by atoms with van der Waals surface area (Å²) in [5.74, 6) is -1.83. The molecule has 1 aliphatic rings. The van der Waals surface area contributed by atoms with E-state index in [4.69, 9.17) is 4.74 Å². The Hall–Kier alpha value is -2.41. The number of ether oxygens (including phenoxy) is 1. The second kappa shape index (κ2) is 7.23. The van der Waals surface area contributed by atoms with E-state index in [0.717, 1.165) is 0 Å². The van der Waals surface area contributed by atoms with E-state index >= 15 is 0 Å². The lowest BCUT2D eigenvalue weighted by Crippen LogP contribution is -2.55. The van der Waals surface area contributed by atoms with Crippen LogP contribution in [0.5, 0.6) is 0 Å². The highest BCUT2D eigenvalue weighted by Gasteiger charge is 2.44. The monoisotopic (exact) mass is 348 g/mol. The van der Waals surface area contributed by atoms with Crippen molar-refractivity contribution in [3.63, 3.8) is 0 Å². The predicted octanol–water partition coefficient (Wildman–Crippen LogP) is 1.44. The lowest BCUT2D eigenvalue weighted by Gasteiger charge is -2.23. The third kappa shape index (κ3) is 4.79. The van der Waals surface area contributed by atoms with Crippen LogP contribution in [0.2, 0.25) is 0 Å². The normalized spacial score (nSPS) is 20.1. The van der Waals surface area contributed by atoms with Crippen molar-refractivity contribution in [3.8, 4) is 0 Å². The summed E-state index contributed by atoms with van der Waals surface area (Å²) in [6.07, 6.45) is 0.224. The van der Waals surface area contributed by atoms with E-state index < -0.39 is 17.4 Å². The molecule has 2 rings (SSSR count). The third-order valence-electron chi connectivity index (χ3n) is 3.97. The van der Waals surface area contributed by atoms with Crippen molar-refractivity contribution >= 4 is 17.8 Å². The third-order valence-corrected chi connectivity index (χ3v) is 3.97. The molecule has 2 amide bonds. The van der Waals surface area contributed by atoms with Gasteiger partial charge in [-0.05, 0) is 29.7 Å². The van der Waals surface area contributed by atoms with E-state index in [2.05, 4.69) is 10.6 Å². The molecular formula is C18H24N2O5. The van der Waals surface area contributed by atoms with Crippen LogP contribution in [0.1, 0.15) is 47.9 Å². The first-order chi connectivity index (χ1) is 11.6. The topological polar surface area (TPSA) is 105 Å². The van der Waals surface area contributed by atoms with Gasteiger partial charge >= 0.3 is 5.97 Å². The maximum Gasteiger partial charge on any atom is 0.331 e. The Morgan fingerprint density at radius 2 is 1.68 bits per heavy atom.